The van der Waals surface area contributed by atoms with Crippen LogP contribution in [0.3, 0.4) is 0 Å². The molecule has 1 aliphatic rings. The van der Waals surface area contributed by atoms with Gasteiger partial charge >= 0.3 is 0 Å². The largest absolute Gasteiger partial charge is 0.495 e. The summed E-state index contributed by atoms with van der Waals surface area (Å²) >= 11 is 3.37. The Balaban J connectivity index is 1.90. The number of nitrogens with two attached hydrogens (primary N) is 1. The molecular weight excluding hydrogens is 280 g/mol. The molecule has 0 radical (unpaired) electrons. The molecule has 1 aromatic rings. The van der Waals surface area contributed by atoms with Crippen molar-refractivity contribution in [1.82, 2.24) is 5.16 Å². The van der Waals surface area contributed by atoms with Gasteiger partial charge in [-0.05, 0) is 19.8 Å². The fourth-order valence-corrected chi connectivity index (χ4v) is 3.58. The Morgan fingerprint density at radius 3 is 3.05 bits per heavy atom. The van der Waals surface area contributed by atoms with E-state index in [-0.39, 0.29) is 0 Å². The number of hydrogen-bond donors (Lipinski definition) is 1. The van der Waals surface area contributed by atoms with Crippen molar-refractivity contribution in [3.63, 3.8) is 0 Å². The van der Waals surface area contributed by atoms with E-state index < -0.39 is 0 Å². The monoisotopic (exact) mass is 300 g/mol. The number of rotatable bonds is 6. The van der Waals surface area contributed by atoms with Crippen LogP contribution in [-0.2, 0) is 10.5 Å². The van der Waals surface area contributed by atoms with Crippen LogP contribution in [0.15, 0.2) is 20.8 Å². The quantitative estimate of drug-likeness (QED) is 0.800. The van der Waals surface area contributed by atoms with Crippen molar-refractivity contribution >= 4 is 29.3 Å². The van der Waals surface area contributed by atoms with Gasteiger partial charge in [-0.1, -0.05) is 23.8 Å². The van der Waals surface area contributed by atoms with Gasteiger partial charge in [0.25, 0.3) is 0 Å². The van der Waals surface area contributed by atoms with Crippen molar-refractivity contribution < 1.29 is 9.26 Å². The number of thioether (sulfide) groups is 2. The molecule has 1 atom stereocenters. The maximum atomic E-state index is 5.85. The lowest BCUT2D eigenvalue weighted by molar-refractivity contribution is 0.178. The minimum atomic E-state index is 0.350. The van der Waals surface area contributed by atoms with E-state index in [1.54, 1.807) is 23.5 Å². The Kier molecular flexibility index (Phi) is 5.51. The highest BCUT2D eigenvalue weighted by atomic mass is 32.2. The van der Waals surface area contributed by atoms with Gasteiger partial charge in [-0.3, -0.25) is 0 Å². The molecule has 19 heavy (non-hydrogen) atoms. The van der Waals surface area contributed by atoms with E-state index in [2.05, 4.69) is 24.4 Å². The predicted molar refractivity (Wildman–Crippen MR) is 81.1 cm³/mol. The first kappa shape index (κ1) is 14.7. The van der Waals surface area contributed by atoms with E-state index >= 15 is 0 Å². The van der Waals surface area contributed by atoms with Gasteiger partial charge in [-0.2, -0.15) is 0 Å². The summed E-state index contributed by atoms with van der Waals surface area (Å²) < 4.78 is 10.9. The second kappa shape index (κ2) is 7.14. The Morgan fingerprint density at radius 1 is 1.53 bits per heavy atom. The zero-order chi connectivity index (χ0) is 13.7. The fourth-order valence-electron chi connectivity index (χ4n) is 1.77. The van der Waals surface area contributed by atoms with Crippen molar-refractivity contribution in [1.29, 1.82) is 0 Å². The molecule has 2 heterocycles. The van der Waals surface area contributed by atoms with E-state index in [9.17, 15) is 0 Å². The molecule has 0 bridgehead atoms. The summed E-state index contributed by atoms with van der Waals surface area (Å²) in [5.41, 5.74) is 6.85. The molecule has 0 spiro atoms. The highest BCUT2D eigenvalue weighted by molar-refractivity contribution is 8.01. The zero-order valence-electron chi connectivity index (χ0n) is 11.3. The third kappa shape index (κ3) is 4.11. The van der Waals surface area contributed by atoms with E-state index in [4.69, 9.17) is 15.0 Å². The Hall–Kier alpha value is -0.750. The smallest absolute Gasteiger partial charge is 0.199 e. The third-order valence-corrected chi connectivity index (χ3v) is 4.89. The van der Waals surface area contributed by atoms with Crippen LogP contribution in [-0.4, -0.2) is 17.0 Å². The van der Waals surface area contributed by atoms with E-state index in [0.29, 0.717) is 11.9 Å². The minimum Gasteiger partial charge on any atom is -0.495 e. The standard InChI is InChI=1S/C13H20N2O2S2/c1-3-6-19-13-11(12(14)15-17-13)8-18-7-10-5-4-9(2)16-10/h7,9H,3-6,8H2,1-2H3,(H2,14,15)/b10-7-. The molecule has 6 heteroatoms. The molecule has 4 nitrogen and oxygen atoms in total. The molecule has 0 amide bonds. The van der Waals surface area contributed by atoms with Gasteiger partial charge in [-0.25, -0.2) is 0 Å². The minimum absolute atomic E-state index is 0.350. The zero-order valence-corrected chi connectivity index (χ0v) is 13.0. The normalized spacial score (nSPS) is 20.9. The molecule has 0 aliphatic carbocycles. The molecule has 1 saturated heterocycles. The topological polar surface area (TPSA) is 61.3 Å². The Labute approximate surface area is 122 Å². The Bertz CT molecular complexity index is 446. The second-order valence-corrected chi connectivity index (χ2v) is 6.47. The van der Waals surface area contributed by atoms with Crippen LogP contribution in [0, 0.1) is 0 Å². The summed E-state index contributed by atoms with van der Waals surface area (Å²) in [6.45, 7) is 4.24. The van der Waals surface area contributed by atoms with Gasteiger partial charge in [0.1, 0.15) is 5.76 Å². The summed E-state index contributed by atoms with van der Waals surface area (Å²) in [4.78, 5) is 0. The van der Waals surface area contributed by atoms with Crippen LogP contribution in [0.2, 0.25) is 0 Å². The summed E-state index contributed by atoms with van der Waals surface area (Å²) in [6, 6.07) is 0. The number of anilines is 1. The molecular formula is C13H20N2O2S2. The van der Waals surface area contributed by atoms with Gasteiger partial charge in [0.2, 0.25) is 0 Å². The number of hydrogen-bond acceptors (Lipinski definition) is 6. The van der Waals surface area contributed by atoms with E-state index in [1.807, 2.05) is 0 Å². The molecule has 1 fully saturated rings. The summed E-state index contributed by atoms with van der Waals surface area (Å²) in [5, 5.41) is 6.79. The summed E-state index contributed by atoms with van der Waals surface area (Å²) in [6.07, 6.45) is 3.60. The number of ether oxygens (including phenoxy) is 1. The lowest BCUT2D eigenvalue weighted by Crippen LogP contribution is -1.94. The molecule has 0 saturated carbocycles. The SMILES string of the molecule is CCCSc1onc(N)c1CS/C=C1/CCC(C)O1. The molecule has 1 aliphatic heterocycles. The molecule has 1 unspecified atom stereocenters. The van der Waals surface area contributed by atoms with Gasteiger partial charge in [0.05, 0.1) is 11.7 Å². The average Bonchev–Trinajstić information content (AvgIpc) is 2.95. The predicted octanol–water partition coefficient (Wildman–Crippen LogP) is 4.03. The molecule has 2 N–H and O–H groups in total. The van der Waals surface area contributed by atoms with Crippen LogP contribution in [0.4, 0.5) is 5.82 Å². The molecule has 0 aromatic carbocycles. The fraction of sp³-hybridized carbons (Fsp3) is 0.615. The van der Waals surface area contributed by atoms with E-state index in [1.165, 1.54) is 0 Å². The highest BCUT2D eigenvalue weighted by Crippen LogP contribution is 2.32. The Morgan fingerprint density at radius 2 is 2.37 bits per heavy atom. The van der Waals surface area contributed by atoms with Crippen molar-refractivity contribution in [3.8, 4) is 0 Å². The molecule has 1 aromatic heterocycles. The summed E-state index contributed by atoms with van der Waals surface area (Å²) in [7, 11) is 0. The van der Waals surface area contributed by atoms with Gasteiger partial charge < -0.3 is 15.0 Å². The third-order valence-electron chi connectivity index (χ3n) is 2.81. The van der Waals surface area contributed by atoms with E-state index in [0.717, 1.165) is 47.2 Å². The van der Waals surface area contributed by atoms with Gasteiger partial charge in [0.15, 0.2) is 10.9 Å². The maximum absolute atomic E-state index is 5.85. The highest BCUT2D eigenvalue weighted by Gasteiger charge is 2.17. The van der Waals surface area contributed by atoms with Gasteiger partial charge in [-0.15, -0.1) is 11.8 Å². The van der Waals surface area contributed by atoms with Crippen LogP contribution in [0.1, 0.15) is 38.7 Å². The lowest BCUT2D eigenvalue weighted by Gasteiger charge is -2.03. The van der Waals surface area contributed by atoms with Crippen LogP contribution in [0.25, 0.3) is 0 Å². The lowest BCUT2D eigenvalue weighted by atomic mass is 10.2. The number of allylic oxidation sites excluding steroid dienone is 1. The number of nitrogens with zero attached hydrogens (tertiary/aromatic N) is 1. The first-order valence-electron chi connectivity index (χ1n) is 6.54. The second-order valence-electron chi connectivity index (χ2n) is 4.54. The van der Waals surface area contributed by atoms with Gasteiger partial charge in [0, 0.05) is 23.3 Å². The van der Waals surface area contributed by atoms with Crippen LogP contribution in [0.5, 0.6) is 0 Å². The van der Waals surface area contributed by atoms with Crippen molar-refractivity contribution in [2.24, 2.45) is 0 Å². The average molecular weight is 300 g/mol. The van der Waals surface area contributed by atoms with Crippen LogP contribution < -0.4 is 5.73 Å². The van der Waals surface area contributed by atoms with Crippen molar-refractivity contribution in [3.05, 3.63) is 16.7 Å². The summed E-state index contributed by atoms with van der Waals surface area (Å²) in [5.74, 6) is 3.39. The maximum Gasteiger partial charge on any atom is 0.199 e. The molecule has 2 rings (SSSR count). The number of nitrogen functional groups attached to an aromatic ring is 1. The first-order chi connectivity index (χ1) is 9.20. The van der Waals surface area contributed by atoms with Crippen molar-refractivity contribution in [2.45, 2.75) is 50.1 Å². The van der Waals surface area contributed by atoms with Crippen LogP contribution >= 0.6 is 23.5 Å². The van der Waals surface area contributed by atoms with Crippen molar-refractivity contribution in [2.75, 3.05) is 11.5 Å². The number of aromatic nitrogens is 1. The molecule has 106 valence electrons. The first-order valence-corrected chi connectivity index (χ1v) is 8.58.